The van der Waals surface area contributed by atoms with Crippen molar-refractivity contribution in [3.05, 3.63) is 0 Å². The lowest BCUT2D eigenvalue weighted by Gasteiger charge is -2.18. The van der Waals surface area contributed by atoms with Crippen molar-refractivity contribution in [2.45, 2.75) is 21.7 Å². The summed E-state index contributed by atoms with van der Waals surface area (Å²) in [6, 6.07) is 0. The molecule has 0 aliphatic heterocycles. The summed E-state index contributed by atoms with van der Waals surface area (Å²) in [6.45, 7) is 2.83. The van der Waals surface area contributed by atoms with Crippen LogP contribution in [0.1, 0.15) is 13.8 Å². The number of rotatable bonds is 4. The molecule has 1 amide bonds. The van der Waals surface area contributed by atoms with Gasteiger partial charge in [0, 0.05) is 25.3 Å². The molecule has 19 heavy (non-hydrogen) atoms. The third-order valence-corrected chi connectivity index (χ3v) is 5.22. The Kier molecular flexibility index (Phi) is 6.75. The summed E-state index contributed by atoms with van der Waals surface area (Å²) in [6.07, 6.45) is 1.15. The van der Waals surface area contributed by atoms with Gasteiger partial charge in [-0.1, -0.05) is 40.0 Å². The Hall–Kier alpha value is 0.110. The molecule has 0 saturated carbocycles. The highest BCUT2D eigenvalue weighted by Crippen LogP contribution is 2.40. The highest BCUT2D eigenvalue weighted by molar-refractivity contribution is 8.03. The monoisotopic (exact) mass is 370 g/mol. The molecule has 0 aromatic heterocycles. The van der Waals surface area contributed by atoms with Crippen LogP contribution < -0.4 is 0 Å². The van der Waals surface area contributed by atoms with Gasteiger partial charge in [0.15, 0.2) is 9.84 Å². The average Bonchev–Trinajstić information content (AvgIpc) is 2.12. The first-order chi connectivity index (χ1) is 8.26. The fourth-order valence-electron chi connectivity index (χ4n) is 0.544. The van der Waals surface area contributed by atoms with E-state index in [1.165, 1.54) is 20.9 Å². The van der Waals surface area contributed by atoms with Gasteiger partial charge < -0.3 is 0 Å². The minimum Gasteiger partial charge on any atom is -0.298 e. The van der Waals surface area contributed by atoms with Crippen LogP contribution in [0.25, 0.3) is 0 Å². The fraction of sp³-hybridized carbons (Fsp3) is 0.750. The number of alkyl halides is 3. The Morgan fingerprint density at radius 2 is 1.84 bits per heavy atom. The third kappa shape index (κ3) is 7.45. The lowest BCUT2D eigenvalue weighted by molar-refractivity contribution is 0.137. The van der Waals surface area contributed by atoms with Crippen molar-refractivity contribution in [2.24, 2.45) is 5.16 Å². The molecule has 11 heteroatoms. The summed E-state index contributed by atoms with van der Waals surface area (Å²) in [7, 11) is -2.06. The lowest BCUT2D eigenvalue weighted by Crippen LogP contribution is -2.33. The maximum Gasteiger partial charge on any atom is 0.445 e. The number of hydrogen-bond donors (Lipinski definition) is 0. The molecule has 0 aliphatic rings. The Bertz CT molecular complexity index is 459. The van der Waals surface area contributed by atoms with Crippen LogP contribution in [0.15, 0.2) is 5.16 Å². The Balaban J connectivity index is 4.55. The Morgan fingerprint density at radius 1 is 1.37 bits per heavy atom. The molecule has 0 unspecified atom stereocenters. The maximum absolute atomic E-state index is 11.4. The zero-order chi connectivity index (χ0) is 15.5. The number of carbonyl (C=O) groups excluding carboxylic acids is 1. The highest BCUT2D eigenvalue weighted by Gasteiger charge is 2.29. The second-order valence-corrected chi connectivity index (χ2v) is 10.9. The second-order valence-electron chi connectivity index (χ2n) is 4.00. The van der Waals surface area contributed by atoms with Crippen molar-refractivity contribution < 1.29 is 18.0 Å². The molecular weight excluding hydrogens is 359 g/mol. The fourth-order valence-corrected chi connectivity index (χ4v) is 2.13. The van der Waals surface area contributed by atoms with E-state index in [0.29, 0.717) is 11.9 Å². The zero-order valence-corrected chi connectivity index (χ0v) is 14.5. The highest BCUT2D eigenvalue weighted by atomic mass is 35.6. The smallest absolute Gasteiger partial charge is 0.298 e. The number of oxime groups is 1. The summed E-state index contributed by atoms with van der Waals surface area (Å²) in [5.41, 5.74) is 0. The number of hydrogen-bond acceptors (Lipinski definition) is 6. The van der Waals surface area contributed by atoms with Crippen molar-refractivity contribution >= 4 is 68.9 Å². The normalized spacial score (nSPS) is 13.6. The molecule has 112 valence electrons. The molecule has 0 saturated heterocycles. The summed E-state index contributed by atoms with van der Waals surface area (Å²) < 4.78 is 20.6. The summed E-state index contributed by atoms with van der Waals surface area (Å²) in [5, 5.41) is 3.32. The molecule has 0 aliphatic carbocycles. The summed E-state index contributed by atoms with van der Waals surface area (Å²) in [4.78, 5) is 15.9. The van der Waals surface area contributed by atoms with Crippen molar-refractivity contribution in [3.63, 3.8) is 0 Å². The average molecular weight is 372 g/mol. The van der Waals surface area contributed by atoms with Crippen molar-refractivity contribution in [1.82, 2.24) is 4.31 Å². The van der Waals surface area contributed by atoms with Gasteiger partial charge in [-0.2, -0.15) is 0 Å². The standard InChI is InChI=1S/C8H13Cl3N2O4S2/c1-7(2,19(4,15)16)5-12-17-6(14)13(3)18-8(9,10)11/h5H,1-4H3. The topological polar surface area (TPSA) is 76.0 Å². The maximum atomic E-state index is 11.4. The molecule has 0 aromatic rings. The first-order valence-electron chi connectivity index (χ1n) is 4.71. The van der Waals surface area contributed by atoms with Crippen LogP contribution >= 0.6 is 46.8 Å². The van der Waals surface area contributed by atoms with E-state index in [1.807, 2.05) is 0 Å². The lowest BCUT2D eigenvalue weighted by atomic mass is 10.2. The summed E-state index contributed by atoms with van der Waals surface area (Å²) in [5.74, 6) is 0. The Morgan fingerprint density at radius 3 is 2.21 bits per heavy atom. The molecule has 0 spiro atoms. The van der Waals surface area contributed by atoms with Crippen LogP contribution in [0.4, 0.5) is 4.79 Å². The predicted octanol–water partition coefficient (Wildman–Crippen LogP) is 2.84. The van der Waals surface area contributed by atoms with E-state index in [2.05, 4.69) is 9.99 Å². The van der Waals surface area contributed by atoms with E-state index in [9.17, 15) is 13.2 Å². The first-order valence-corrected chi connectivity index (χ1v) is 8.51. The van der Waals surface area contributed by atoms with Crippen LogP contribution in [0.5, 0.6) is 0 Å². The molecule has 0 rings (SSSR count). The zero-order valence-electron chi connectivity index (χ0n) is 10.6. The van der Waals surface area contributed by atoms with Crippen molar-refractivity contribution in [1.29, 1.82) is 0 Å². The van der Waals surface area contributed by atoms with Crippen LogP contribution in [0.2, 0.25) is 0 Å². The van der Waals surface area contributed by atoms with Crippen LogP contribution in [0, 0.1) is 0 Å². The first kappa shape index (κ1) is 19.1. The van der Waals surface area contributed by atoms with E-state index in [-0.39, 0.29) is 0 Å². The number of sulfone groups is 1. The van der Waals surface area contributed by atoms with Crippen molar-refractivity contribution in [2.75, 3.05) is 13.3 Å². The molecule has 0 N–H and O–H groups in total. The van der Waals surface area contributed by atoms with Gasteiger partial charge in [-0.25, -0.2) is 17.5 Å². The van der Waals surface area contributed by atoms with Crippen LogP contribution in [-0.2, 0) is 14.7 Å². The molecule has 0 heterocycles. The SMILES string of the molecule is CN(SC(Cl)(Cl)Cl)C(=O)ON=CC(C)(C)S(C)(=O)=O. The summed E-state index contributed by atoms with van der Waals surface area (Å²) >= 11 is 17.0. The van der Waals surface area contributed by atoms with Gasteiger partial charge in [0.05, 0.1) is 6.21 Å². The van der Waals surface area contributed by atoms with Crippen LogP contribution in [-0.4, -0.2) is 46.2 Å². The van der Waals surface area contributed by atoms with E-state index in [0.717, 1.165) is 16.8 Å². The molecule has 6 nitrogen and oxygen atoms in total. The van der Waals surface area contributed by atoms with Gasteiger partial charge >= 0.3 is 6.09 Å². The molecule has 0 fully saturated rings. The van der Waals surface area contributed by atoms with Gasteiger partial charge in [0.1, 0.15) is 4.75 Å². The quantitative estimate of drug-likeness (QED) is 0.250. The predicted molar refractivity (Wildman–Crippen MR) is 79.5 cm³/mol. The molecule has 0 radical (unpaired) electrons. The van der Waals surface area contributed by atoms with Gasteiger partial charge in [-0.3, -0.25) is 4.84 Å². The van der Waals surface area contributed by atoms with Gasteiger partial charge in [-0.05, 0) is 13.8 Å². The minimum absolute atomic E-state index is 0.591. The number of amides is 1. The Labute approximate surface area is 131 Å². The van der Waals surface area contributed by atoms with E-state index >= 15 is 0 Å². The van der Waals surface area contributed by atoms with Gasteiger partial charge in [0.25, 0.3) is 3.12 Å². The molecule has 0 atom stereocenters. The largest absolute Gasteiger partial charge is 0.445 e. The van der Waals surface area contributed by atoms with E-state index in [1.54, 1.807) is 0 Å². The van der Waals surface area contributed by atoms with Gasteiger partial charge in [0.2, 0.25) is 0 Å². The van der Waals surface area contributed by atoms with Crippen LogP contribution in [0.3, 0.4) is 0 Å². The van der Waals surface area contributed by atoms with Gasteiger partial charge in [-0.15, -0.1) is 0 Å². The molecule has 0 bridgehead atoms. The van der Waals surface area contributed by atoms with E-state index < -0.39 is 23.8 Å². The third-order valence-electron chi connectivity index (χ3n) is 1.95. The minimum atomic E-state index is -3.37. The number of halogens is 3. The van der Waals surface area contributed by atoms with Crippen molar-refractivity contribution in [3.8, 4) is 0 Å². The second kappa shape index (κ2) is 6.71. The number of carbonyl (C=O) groups is 1. The molecule has 0 aromatic carbocycles. The molecular formula is C8H13Cl3N2O4S2. The number of nitrogens with zero attached hydrogens (tertiary/aromatic N) is 2. The van der Waals surface area contributed by atoms with E-state index in [4.69, 9.17) is 34.8 Å².